The average molecular weight is 452 g/mol. The van der Waals surface area contributed by atoms with E-state index in [2.05, 4.69) is 43.0 Å². The van der Waals surface area contributed by atoms with Crippen LogP contribution in [0.2, 0.25) is 0 Å². The Kier molecular flexibility index (Phi) is 5.19. The number of para-hydroxylation sites is 1. The molecular weight excluding hydrogens is 431 g/mol. The Labute approximate surface area is 160 Å². The van der Waals surface area contributed by atoms with Gasteiger partial charge in [0.2, 0.25) is 0 Å². The zero-order valence-corrected chi connectivity index (χ0v) is 16.6. The van der Waals surface area contributed by atoms with Gasteiger partial charge in [0.25, 0.3) is 0 Å². The molecule has 3 rings (SSSR count). The third kappa shape index (κ3) is 4.06. The molecule has 3 aromatic rings. The number of aliphatic hydroxyl groups is 1. The second-order valence-electron chi connectivity index (χ2n) is 7.06. The van der Waals surface area contributed by atoms with Gasteiger partial charge in [0.05, 0.1) is 29.7 Å². The van der Waals surface area contributed by atoms with Gasteiger partial charge in [0.1, 0.15) is 12.7 Å². The molecule has 25 heavy (non-hydrogen) atoms. The summed E-state index contributed by atoms with van der Waals surface area (Å²) in [6.07, 6.45) is 4.92. The van der Waals surface area contributed by atoms with E-state index in [4.69, 9.17) is 0 Å². The van der Waals surface area contributed by atoms with Crippen LogP contribution in [-0.2, 0) is 6.42 Å². The maximum atomic E-state index is 10.8. The molecule has 7 nitrogen and oxygen atoms in total. The molecule has 0 aliphatic rings. The highest BCUT2D eigenvalue weighted by Gasteiger charge is 2.33. The summed E-state index contributed by atoms with van der Waals surface area (Å²) in [6.45, 7) is 6.01. The summed E-state index contributed by atoms with van der Waals surface area (Å²) in [5.74, 6) is 0. The lowest BCUT2D eigenvalue weighted by atomic mass is 9.83. The number of halogens is 1. The first-order valence-corrected chi connectivity index (χ1v) is 9.12. The molecule has 0 saturated carbocycles. The molecule has 2 heterocycles. The van der Waals surface area contributed by atoms with Gasteiger partial charge in [-0.2, -0.15) is 5.10 Å². The Bertz CT molecular complexity index is 824. The molecule has 2 aromatic heterocycles. The largest absolute Gasteiger partial charge is 0.390 e. The first kappa shape index (κ1) is 18.0. The average Bonchev–Trinajstić information content (AvgIpc) is 3.23. The lowest BCUT2D eigenvalue weighted by molar-refractivity contribution is 0.0121. The van der Waals surface area contributed by atoms with Gasteiger partial charge in [-0.3, -0.25) is 0 Å². The predicted molar refractivity (Wildman–Crippen MR) is 102 cm³/mol. The van der Waals surface area contributed by atoms with Crippen LogP contribution in [-0.4, -0.2) is 41.0 Å². The molecule has 1 N–H and O–H groups in total. The quantitative estimate of drug-likeness (QED) is 0.603. The van der Waals surface area contributed by atoms with Crippen molar-refractivity contribution in [3.63, 3.8) is 0 Å². The maximum Gasteiger partial charge on any atom is 0.137 e. The third-order valence-corrected chi connectivity index (χ3v) is 5.00. The van der Waals surface area contributed by atoms with Crippen LogP contribution < -0.4 is 0 Å². The number of nitrogens with zero attached hydrogens (tertiary/aromatic N) is 6. The molecular formula is C17H21IN6O. The third-order valence-electron chi connectivity index (χ3n) is 4.09. The normalized spacial score (nSPS) is 14.4. The van der Waals surface area contributed by atoms with Crippen LogP contribution >= 0.6 is 22.6 Å². The molecule has 2 atom stereocenters. The Hall–Kier alpha value is -1.81. The van der Waals surface area contributed by atoms with Gasteiger partial charge in [-0.25, -0.2) is 14.3 Å². The van der Waals surface area contributed by atoms with Crippen LogP contribution in [0.3, 0.4) is 0 Å². The SMILES string of the molecule is CC(C)(C)C(O)C(Cc1cn(-c2ccccc2I)nn1)n1cncn1. The predicted octanol–water partition coefficient (Wildman–Crippen LogP) is 2.65. The van der Waals surface area contributed by atoms with Gasteiger partial charge >= 0.3 is 0 Å². The van der Waals surface area contributed by atoms with Crippen molar-refractivity contribution in [2.75, 3.05) is 0 Å². The van der Waals surface area contributed by atoms with Crippen molar-refractivity contribution in [3.05, 3.63) is 52.4 Å². The molecule has 0 amide bonds. The van der Waals surface area contributed by atoms with E-state index in [1.807, 2.05) is 51.2 Å². The van der Waals surface area contributed by atoms with Gasteiger partial charge in [-0.15, -0.1) is 5.10 Å². The number of hydrogen-bond donors (Lipinski definition) is 1. The molecule has 2 unspecified atom stereocenters. The van der Waals surface area contributed by atoms with E-state index in [9.17, 15) is 5.11 Å². The minimum Gasteiger partial charge on any atom is -0.390 e. The molecule has 0 spiro atoms. The lowest BCUT2D eigenvalue weighted by Gasteiger charge is -2.32. The van der Waals surface area contributed by atoms with Crippen molar-refractivity contribution in [1.82, 2.24) is 29.8 Å². The standard InChI is InChI=1S/C17H21IN6O/c1-17(2,3)16(25)15(24-11-19-10-20-24)8-12-9-23(22-21-12)14-7-5-4-6-13(14)18/h4-7,9-11,15-16,25H,8H2,1-3H3. The summed E-state index contributed by atoms with van der Waals surface area (Å²) in [7, 11) is 0. The molecule has 1 aromatic carbocycles. The van der Waals surface area contributed by atoms with Crippen LogP contribution in [0.25, 0.3) is 5.69 Å². The van der Waals surface area contributed by atoms with E-state index in [-0.39, 0.29) is 11.5 Å². The lowest BCUT2D eigenvalue weighted by Crippen LogP contribution is -2.37. The summed E-state index contributed by atoms with van der Waals surface area (Å²) in [6, 6.07) is 7.73. The minimum atomic E-state index is -0.601. The zero-order chi connectivity index (χ0) is 18.0. The summed E-state index contributed by atoms with van der Waals surface area (Å²) >= 11 is 2.28. The van der Waals surface area contributed by atoms with Gasteiger partial charge in [-0.1, -0.05) is 38.1 Å². The summed E-state index contributed by atoms with van der Waals surface area (Å²) < 4.78 is 4.55. The van der Waals surface area contributed by atoms with Gasteiger partial charge in [-0.05, 0) is 40.1 Å². The first-order valence-electron chi connectivity index (χ1n) is 8.04. The topological polar surface area (TPSA) is 81.6 Å². The van der Waals surface area contributed by atoms with Crippen molar-refractivity contribution in [2.45, 2.75) is 39.3 Å². The minimum absolute atomic E-state index is 0.262. The molecule has 8 heteroatoms. The van der Waals surface area contributed by atoms with Crippen molar-refractivity contribution in [2.24, 2.45) is 5.41 Å². The Morgan fingerprint density at radius 3 is 2.64 bits per heavy atom. The highest BCUT2D eigenvalue weighted by atomic mass is 127. The Morgan fingerprint density at radius 1 is 1.24 bits per heavy atom. The Morgan fingerprint density at radius 2 is 2.00 bits per heavy atom. The van der Waals surface area contributed by atoms with Gasteiger partial charge in [0.15, 0.2) is 0 Å². The van der Waals surface area contributed by atoms with Crippen LogP contribution in [0, 0.1) is 8.99 Å². The monoisotopic (exact) mass is 452 g/mol. The molecule has 0 fully saturated rings. The number of benzene rings is 1. The van der Waals surface area contributed by atoms with E-state index in [0.717, 1.165) is 15.0 Å². The molecule has 132 valence electrons. The van der Waals surface area contributed by atoms with Crippen molar-refractivity contribution in [3.8, 4) is 5.69 Å². The fourth-order valence-corrected chi connectivity index (χ4v) is 3.31. The van der Waals surface area contributed by atoms with Gasteiger partial charge < -0.3 is 5.11 Å². The summed E-state index contributed by atoms with van der Waals surface area (Å²) in [5.41, 5.74) is 1.49. The summed E-state index contributed by atoms with van der Waals surface area (Å²) in [5, 5.41) is 23.5. The maximum absolute atomic E-state index is 10.8. The van der Waals surface area contributed by atoms with Crippen molar-refractivity contribution < 1.29 is 5.11 Å². The van der Waals surface area contributed by atoms with E-state index in [0.29, 0.717) is 6.42 Å². The molecule has 0 bridgehead atoms. The fourth-order valence-electron chi connectivity index (χ4n) is 2.68. The number of aromatic nitrogens is 6. The van der Waals surface area contributed by atoms with E-state index in [1.165, 1.54) is 6.33 Å². The summed E-state index contributed by atoms with van der Waals surface area (Å²) in [4.78, 5) is 4.01. The Balaban J connectivity index is 1.87. The van der Waals surface area contributed by atoms with Crippen molar-refractivity contribution >= 4 is 22.6 Å². The number of hydrogen-bond acceptors (Lipinski definition) is 5. The zero-order valence-electron chi connectivity index (χ0n) is 14.4. The first-order chi connectivity index (χ1) is 11.9. The highest BCUT2D eigenvalue weighted by molar-refractivity contribution is 14.1. The highest BCUT2D eigenvalue weighted by Crippen LogP contribution is 2.30. The van der Waals surface area contributed by atoms with Crippen LogP contribution in [0.15, 0.2) is 43.1 Å². The number of rotatable bonds is 5. The smallest absolute Gasteiger partial charge is 0.137 e. The molecule has 0 saturated heterocycles. The van der Waals surface area contributed by atoms with E-state index < -0.39 is 6.10 Å². The van der Waals surface area contributed by atoms with E-state index in [1.54, 1.807) is 15.7 Å². The van der Waals surface area contributed by atoms with Crippen LogP contribution in [0.5, 0.6) is 0 Å². The van der Waals surface area contributed by atoms with Crippen LogP contribution in [0.1, 0.15) is 32.5 Å². The fraction of sp³-hybridized carbons (Fsp3) is 0.412. The van der Waals surface area contributed by atoms with Gasteiger partial charge in [0, 0.05) is 9.99 Å². The number of aliphatic hydroxyl groups excluding tert-OH is 1. The molecule has 0 aliphatic carbocycles. The second kappa shape index (κ2) is 7.20. The van der Waals surface area contributed by atoms with Crippen LogP contribution in [0.4, 0.5) is 0 Å². The second-order valence-corrected chi connectivity index (χ2v) is 8.23. The molecule has 0 radical (unpaired) electrons. The van der Waals surface area contributed by atoms with Crippen molar-refractivity contribution in [1.29, 1.82) is 0 Å². The molecule has 0 aliphatic heterocycles. The van der Waals surface area contributed by atoms with E-state index >= 15 is 0 Å².